The van der Waals surface area contributed by atoms with Crippen molar-refractivity contribution in [3.05, 3.63) is 58.5 Å². The van der Waals surface area contributed by atoms with E-state index in [2.05, 4.69) is 10.6 Å². The minimum absolute atomic E-state index is 0.197. The highest BCUT2D eigenvalue weighted by Crippen LogP contribution is 2.28. The number of hydrogen-bond acceptors (Lipinski definition) is 5. The third-order valence-corrected chi connectivity index (χ3v) is 7.00. The lowest BCUT2D eigenvalue weighted by Crippen LogP contribution is -2.46. The average molecular weight is 476 g/mol. The van der Waals surface area contributed by atoms with Crippen LogP contribution in [0.15, 0.2) is 47.3 Å². The summed E-state index contributed by atoms with van der Waals surface area (Å²) in [5, 5.41) is 5.59. The first kappa shape index (κ1) is 23.0. The molecular weight excluding hydrogens is 446 g/mol. The summed E-state index contributed by atoms with van der Waals surface area (Å²) >= 11 is 0. The van der Waals surface area contributed by atoms with Crippen molar-refractivity contribution in [2.24, 2.45) is 7.05 Å². The quantitative estimate of drug-likeness (QED) is 0.542. The van der Waals surface area contributed by atoms with Gasteiger partial charge in [0.15, 0.2) is 0 Å². The maximum absolute atomic E-state index is 13.0. The predicted molar refractivity (Wildman–Crippen MR) is 132 cm³/mol. The van der Waals surface area contributed by atoms with Crippen LogP contribution in [-0.2, 0) is 27.9 Å². The average Bonchev–Trinajstić information content (AvgIpc) is 3.13. The second-order valence-corrected chi connectivity index (χ2v) is 9.21. The fourth-order valence-corrected chi connectivity index (χ4v) is 4.96. The van der Waals surface area contributed by atoms with Gasteiger partial charge < -0.3 is 10.2 Å². The molecule has 0 bridgehead atoms. The molecule has 2 aromatic carbocycles. The Morgan fingerprint density at radius 1 is 0.971 bits per heavy atom. The molecule has 2 aliphatic rings. The van der Waals surface area contributed by atoms with E-state index in [1.165, 1.54) is 4.57 Å². The van der Waals surface area contributed by atoms with Gasteiger partial charge in [0.25, 0.3) is 0 Å². The topological polar surface area (TPSA) is 105 Å². The number of amides is 3. The molecule has 35 heavy (non-hydrogen) atoms. The van der Waals surface area contributed by atoms with Gasteiger partial charge in [-0.3, -0.25) is 28.8 Å². The smallest absolute Gasteiger partial charge is 0.329 e. The number of carbonyl (C=O) groups is 3. The Labute approximate surface area is 202 Å². The largest absolute Gasteiger partial charge is 0.340 e. The Balaban J connectivity index is 1.34. The Kier molecular flexibility index (Phi) is 6.25. The number of fused-ring (bicyclic) bond motifs is 1. The molecule has 3 heterocycles. The lowest BCUT2D eigenvalue weighted by Gasteiger charge is -2.27. The first-order valence-electron chi connectivity index (χ1n) is 12.0. The van der Waals surface area contributed by atoms with Gasteiger partial charge in [-0.15, -0.1) is 0 Å². The number of piperazine rings is 1. The van der Waals surface area contributed by atoms with E-state index in [1.54, 1.807) is 11.6 Å². The van der Waals surface area contributed by atoms with E-state index in [9.17, 15) is 19.2 Å². The van der Waals surface area contributed by atoms with Crippen molar-refractivity contribution >= 4 is 28.8 Å². The van der Waals surface area contributed by atoms with Crippen molar-refractivity contribution in [2.45, 2.75) is 31.7 Å². The first-order chi connectivity index (χ1) is 16.9. The van der Waals surface area contributed by atoms with Crippen LogP contribution in [0, 0.1) is 0 Å². The molecule has 9 nitrogen and oxygen atoms in total. The third-order valence-electron chi connectivity index (χ3n) is 7.00. The molecule has 3 aromatic rings. The summed E-state index contributed by atoms with van der Waals surface area (Å²) < 4.78 is 3.03. The van der Waals surface area contributed by atoms with Crippen LogP contribution in [0.3, 0.4) is 0 Å². The van der Waals surface area contributed by atoms with Crippen molar-refractivity contribution < 1.29 is 14.4 Å². The zero-order valence-electron chi connectivity index (χ0n) is 19.8. The number of carbonyl (C=O) groups excluding carboxylic acids is 3. The number of rotatable bonds is 5. The summed E-state index contributed by atoms with van der Waals surface area (Å²) in [5.74, 6) is -0.549. The number of benzene rings is 2. The van der Waals surface area contributed by atoms with Crippen molar-refractivity contribution in [2.75, 3.05) is 26.2 Å². The second-order valence-electron chi connectivity index (χ2n) is 9.21. The zero-order chi connectivity index (χ0) is 24.5. The molecular formula is C26H29N5O4. The minimum Gasteiger partial charge on any atom is -0.340 e. The van der Waals surface area contributed by atoms with Gasteiger partial charge in [0.1, 0.15) is 6.04 Å². The molecule has 2 fully saturated rings. The molecule has 0 spiro atoms. The van der Waals surface area contributed by atoms with E-state index in [1.807, 2.05) is 47.4 Å². The van der Waals surface area contributed by atoms with Gasteiger partial charge in [-0.05, 0) is 41.7 Å². The molecule has 1 atom stereocenters. The number of aryl methyl sites for hydroxylation is 2. The molecule has 0 aliphatic carbocycles. The fourth-order valence-electron chi connectivity index (χ4n) is 4.96. The summed E-state index contributed by atoms with van der Waals surface area (Å²) in [6, 6.07) is 13.2. The highest BCUT2D eigenvalue weighted by molar-refractivity contribution is 6.00. The van der Waals surface area contributed by atoms with E-state index in [-0.39, 0.29) is 23.9 Å². The maximum Gasteiger partial charge on any atom is 0.329 e. The number of hydrogen-bond donors (Lipinski definition) is 2. The summed E-state index contributed by atoms with van der Waals surface area (Å²) in [5.41, 5.74) is 4.18. The zero-order valence-corrected chi connectivity index (χ0v) is 19.8. The summed E-state index contributed by atoms with van der Waals surface area (Å²) in [6.07, 6.45) is 1.72. The number of aromatic nitrogens is 2. The number of piperidine rings is 1. The number of imide groups is 1. The normalized spacial score (nSPS) is 18.7. The van der Waals surface area contributed by atoms with Gasteiger partial charge in [0.2, 0.25) is 17.7 Å². The van der Waals surface area contributed by atoms with Crippen LogP contribution in [0.25, 0.3) is 22.2 Å². The van der Waals surface area contributed by atoms with Crippen LogP contribution in [0.5, 0.6) is 0 Å². The lowest BCUT2D eigenvalue weighted by atomic mass is 10.0. The van der Waals surface area contributed by atoms with Gasteiger partial charge >= 0.3 is 5.69 Å². The van der Waals surface area contributed by atoms with Crippen LogP contribution >= 0.6 is 0 Å². The first-order valence-corrected chi connectivity index (χ1v) is 12.0. The third kappa shape index (κ3) is 4.51. The SMILES string of the molecule is Cn1c(=O)n(C2CCC(=O)NC2=O)c2ccc(-c3ccc(CCC(=O)N4CCNCC4)cc3)cc21. The van der Waals surface area contributed by atoms with Gasteiger partial charge in [-0.2, -0.15) is 0 Å². The standard InChI is InChI=1S/C26H29N5O4/c1-29-22-16-19(7-8-20(22)31(26(29)35)21-9-10-23(32)28-25(21)34)18-5-2-17(3-6-18)4-11-24(33)30-14-12-27-13-15-30/h2-3,5-8,16,21,27H,4,9-15H2,1H3,(H,28,32,34). The number of nitrogens with one attached hydrogen (secondary N) is 2. The molecule has 0 saturated carbocycles. The van der Waals surface area contributed by atoms with Crippen LogP contribution in [0.2, 0.25) is 0 Å². The van der Waals surface area contributed by atoms with Crippen molar-refractivity contribution in [3.8, 4) is 11.1 Å². The molecule has 2 saturated heterocycles. The van der Waals surface area contributed by atoms with Gasteiger partial charge in [-0.1, -0.05) is 30.3 Å². The van der Waals surface area contributed by atoms with Crippen molar-refractivity contribution in [1.82, 2.24) is 24.7 Å². The van der Waals surface area contributed by atoms with Crippen LogP contribution < -0.4 is 16.3 Å². The van der Waals surface area contributed by atoms with Crippen LogP contribution in [-0.4, -0.2) is 57.9 Å². The number of nitrogens with zero attached hydrogens (tertiary/aromatic N) is 3. The van der Waals surface area contributed by atoms with E-state index in [4.69, 9.17) is 0 Å². The van der Waals surface area contributed by atoms with Crippen LogP contribution in [0.1, 0.15) is 30.9 Å². The minimum atomic E-state index is -0.696. The lowest BCUT2D eigenvalue weighted by molar-refractivity contribution is -0.136. The molecule has 1 aromatic heterocycles. The fraction of sp³-hybridized carbons (Fsp3) is 0.385. The maximum atomic E-state index is 13.0. The Morgan fingerprint density at radius 3 is 2.40 bits per heavy atom. The van der Waals surface area contributed by atoms with E-state index in [0.717, 1.165) is 48.4 Å². The summed E-state index contributed by atoms with van der Waals surface area (Å²) in [7, 11) is 1.69. The molecule has 0 radical (unpaired) electrons. The summed E-state index contributed by atoms with van der Waals surface area (Å²) in [4.78, 5) is 51.2. The molecule has 5 rings (SSSR count). The monoisotopic (exact) mass is 475 g/mol. The molecule has 3 amide bonds. The van der Waals surface area contributed by atoms with Gasteiger partial charge in [0.05, 0.1) is 11.0 Å². The molecule has 9 heteroatoms. The Morgan fingerprint density at radius 2 is 1.69 bits per heavy atom. The van der Waals surface area contributed by atoms with Gasteiger partial charge in [0, 0.05) is 46.1 Å². The van der Waals surface area contributed by atoms with Crippen LogP contribution in [0.4, 0.5) is 0 Å². The van der Waals surface area contributed by atoms with E-state index >= 15 is 0 Å². The highest BCUT2D eigenvalue weighted by Gasteiger charge is 2.31. The summed E-state index contributed by atoms with van der Waals surface area (Å²) in [6.45, 7) is 3.25. The predicted octanol–water partition coefficient (Wildman–Crippen LogP) is 1.35. The Bertz CT molecular complexity index is 1350. The molecule has 2 N–H and O–H groups in total. The van der Waals surface area contributed by atoms with E-state index in [0.29, 0.717) is 24.8 Å². The highest BCUT2D eigenvalue weighted by atomic mass is 16.2. The second kappa shape index (κ2) is 9.50. The van der Waals surface area contributed by atoms with Gasteiger partial charge in [-0.25, -0.2) is 4.79 Å². The molecule has 1 unspecified atom stereocenters. The van der Waals surface area contributed by atoms with Crippen molar-refractivity contribution in [1.29, 1.82) is 0 Å². The van der Waals surface area contributed by atoms with Crippen molar-refractivity contribution in [3.63, 3.8) is 0 Å². The number of imidazole rings is 1. The van der Waals surface area contributed by atoms with E-state index < -0.39 is 11.9 Å². The Hall–Kier alpha value is -3.72. The molecule has 2 aliphatic heterocycles. The molecule has 182 valence electrons.